The second kappa shape index (κ2) is 7.29. The minimum absolute atomic E-state index is 0.150. The fourth-order valence-corrected chi connectivity index (χ4v) is 3.19. The molecule has 0 aromatic heterocycles. The van der Waals surface area contributed by atoms with Gasteiger partial charge >= 0.3 is 6.03 Å². The predicted octanol–water partition coefficient (Wildman–Crippen LogP) is 2.65. The number of hydrogen-bond donors (Lipinski definition) is 3. The summed E-state index contributed by atoms with van der Waals surface area (Å²) in [7, 11) is 0. The topological polar surface area (TPSA) is 70.6 Å². The van der Waals surface area contributed by atoms with E-state index in [9.17, 15) is 9.90 Å². The number of aryl methyl sites for hydroxylation is 1. The molecule has 5 heteroatoms. The molecule has 25 heavy (non-hydrogen) atoms. The largest absolute Gasteiger partial charge is 0.481 e. The Balaban J connectivity index is 1.71. The van der Waals surface area contributed by atoms with Crippen molar-refractivity contribution in [2.24, 2.45) is 0 Å². The third-order valence-electron chi connectivity index (χ3n) is 4.39. The number of ether oxygens (including phenoxy) is 1. The lowest BCUT2D eigenvalue weighted by atomic mass is 9.93. The van der Waals surface area contributed by atoms with Gasteiger partial charge in [0.1, 0.15) is 12.4 Å². The Morgan fingerprint density at radius 2 is 2.12 bits per heavy atom. The number of anilines is 1. The molecule has 1 atom stereocenters. The number of urea groups is 1. The molecule has 0 bridgehead atoms. The van der Waals surface area contributed by atoms with Crippen LogP contribution in [-0.2, 0) is 12.0 Å². The minimum atomic E-state index is -0.752. The summed E-state index contributed by atoms with van der Waals surface area (Å²) in [5.41, 5.74) is 1.96. The molecular weight excluding hydrogens is 316 g/mol. The number of terminal acetylenes is 1. The van der Waals surface area contributed by atoms with Crippen LogP contribution in [0.1, 0.15) is 17.5 Å². The van der Waals surface area contributed by atoms with Crippen molar-refractivity contribution in [3.05, 3.63) is 59.7 Å². The molecule has 3 N–H and O–H groups in total. The Kier molecular flexibility index (Phi) is 4.92. The normalized spacial score (nSPS) is 18.1. The highest BCUT2D eigenvalue weighted by Crippen LogP contribution is 2.36. The van der Waals surface area contributed by atoms with Crippen molar-refractivity contribution in [1.29, 1.82) is 0 Å². The molecule has 0 aliphatic heterocycles. The maximum absolute atomic E-state index is 12.5. The molecule has 0 fully saturated rings. The maximum Gasteiger partial charge on any atom is 0.320 e. The Morgan fingerprint density at radius 3 is 2.92 bits per heavy atom. The van der Waals surface area contributed by atoms with Crippen LogP contribution in [0.4, 0.5) is 10.5 Å². The van der Waals surface area contributed by atoms with Crippen LogP contribution in [0.5, 0.6) is 5.75 Å². The van der Waals surface area contributed by atoms with E-state index >= 15 is 0 Å². The number of carbonyl (C=O) groups is 1. The summed E-state index contributed by atoms with van der Waals surface area (Å²) in [6, 6.07) is 14.5. The van der Waals surface area contributed by atoms with Crippen LogP contribution >= 0.6 is 0 Å². The van der Waals surface area contributed by atoms with Gasteiger partial charge < -0.3 is 20.5 Å². The monoisotopic (exact) mass is 336 g/mol. The first-order chi connectivity index (χ1) is 12.2. The van der Waals surface area contributed by atoms with Crippen molar-refractivity contribution >= 4 is 11.7 Å². The molecule has 2 aromatic carbocycles. The van der Waals surface area contributed by atoms with Crippen molar-refractivity contribution in [2.45, 2.75) is 18.4 Å². The number of hydrogen-bond acceptors (Lipinski definition) is 3. The van der Waals surface area contributed by atoms with Crippen LogP contribution in [0.3, 0.4) is 0 Å². The van der Waals surface area contributed by atoms with E-state index in [1.165, 1.54) is 0 Å². The van der Waals surface area contributed by atoms with Gasteiger partial charge in [-0.1, -0.05) is 36.3 Å². The average Bonchev–Trinajstić information content (AvgIpc) is 2.99. The van der Waals surface area contributed by atoms with Crippen LogP contribution < -0.4 is 15.4 Å². The quantitative estimate of drug-likeness (QED) is 0.735. The first-order valence-electron chi connectivity index (χ1n) is 8.11. The fourth-order valence-electron chi connectivity index (χ4n) is 3.19. The molecule has 0 radical (unpaired) electrons. The lowest BCUT2D eigenvalue weighted by Crippen LogP contribution is -2.48. The smallest absolute Gasteiger partial charge is 0.320 e. The number of amides is 2. The standard InChI is InChI=1S/C20H20N2O3/c1-2-12-25-17-8-5-7-16(13-17)21-19(24)22-20(14-23)11-10-15-6-3-4-9-18(15)20/h1,3-9,13,23H,10-12,14H2,(H2,21,22,24). The first kappa shape index (κ1) is 16.9. The van der Waals surface area contributed by atoms with Crippen molar-refractivity contribution < 1.29 is 14.6 Å². The molecule has 2 aromatic rings. The number of fused-ring (bicyclic) bond motifs is 1. The zero-order valence-corrected chi connectivity index (χ0v) is 13.8. The van der Waals surface area contributed by atoms with Gasteiger partial charge in [-0.15, -0.1) is 6.42 Å². The highest BCUT2D eigenvalue weighted by Gasteiger charge is 2.39. The van der Waals surface area contributed by atoms with Crippen LogP contribution in [0.25, 0.3) is 0 Å². The van der Waals surface area contributed by atoms with Gasteiger partial charge in [0.2, 0.25) is 0 Å². The van der Waals surface area contributed by atoms with Gasteiger partial charge in [0.05, 0.1) is 12.1 Å². The van der Waals surface area contributed by atoms with Crippen molar-refractivity contribution in [3.8, 4) is 18.1 Å². The van der Waals surface area contributed by atoms with Gasteiger partial charge in [-0.05, 0) is 36.1 Å². The van der Waals surface area contributed by atoms with E-state index in [0.717, 1.165) is 17.5 Å². The molecule has 3 rings (SSSR count). The van der Waals surface area contributed by atoms with Gasteiger partial charge in [0.25, 0.3) is 0 Å². The summed E-state index contributed by atoms with van der Waals surface area (Å²) >= 11 is 0. The van der Waals surface area contributed by atoms with E-state index in [2.05, 4.69) is 16.6 Å². The molecule has 1 aliphatic carbocycles. The van der Waals surface area contributed by atoms with Gasteiger partial charge in [-0.25, -0.2) is 4.79 Å². The van der Waals surface area contributed by atoms with Gasteiger partial charge in [0.15, 0.2) is 0 Å². The second-order valence-corrected chi connectivity index (χ2v) is 6.00. The van der Waals surface area contributed by atoms with E-state index in [4.69, 9.17) is 11.2 Å². The SMILES string of the molecule is C#CCOc1cccc(NC(=O)NC2(CO)CCc3ccccc32)c1. The minimum Gasteiger partial charge on any atom is -0.481 e. The Hall–Kier alpha value is -2.97. The molecule has 2 amide bonds. The van der Waals surface area contributed by atoms with Gasteiger partial charge in [-0.2, -0.15) is 0 Å². The zero-order chi connectivity index (χ0) is 17.7. The molecule has 1 unspecified atom stereocenters. The third-order valence-corrected chi connectivity index (χ3v) is 4.39. The molecule has 1 aliphatic rings. The summed E-state index contributed by atoms with van der Waals surface area (Å²) in [4.78, 5) is 12.5. The van der Waals surface area contributed by atoms with E-state index < -0.39 is 5.54 Å². The van der Waals surface area contributed by atoms with Gasteiger partial charge in [-0.3, -0.25) is 0 Å². The lowest BCUT2D eigenvalue weighted by Gasteiger charge is -2.29. The maximum atomic E-state index is 12.5. The lowest BCUT2D eigenvalue weighted by molar-refractivity contribution is 0.164. The Labute approximate surface area is 147 Å². The van der Waals surface area contributed by atoms with E-state index in [1.54, 1.807) is 24.3 Å². The molecule has 0 saturated heterocycles. The average molecular weight is 336 g/mol. The summed E-state index contributed by atoms with van der Waals surface area (Å²) in [5.74, 6) is 2.98. The van der Waals surface area contributed by atoms with Crippen molar-refractivity contribution in [2.75, 3.05) is 18.5 Å². The number of rotatable bonds is 5. The summed E-state index contributed by atoms with van der Waals surface area (Å²) in [6.07, 6.45) is 6.67. The van der Waals surface area contributed by atoms with E-state index in [1.807, 2.05) is 24.3 Å². The molecule has 5 nitrogen and oxygen atoms in total. The molecule has 128 valence electrons. The highest BCUT2D eigenvalue weighted by molar-refractivity contribution is 5.90. The summed E-state index contributed by atoms with van der Waals surface area (Å²) < 4.78 is 5.35. The summed E-state index contributed by atoms with van der Waals surface area (Å²) in [6.45, 7) is 0.0167. The van der Waals surface area contributed by atoms with Crippen LogP contribution in [-0.4, -0.2) is 24.4 Å². The van der Waals surface area contributed by atoms with Crippen molar-refractivity contribution in [3.63, 3.8) is 0 Å². The van der Waals surface area contributed by atoms with Crippen molar-refractivity contribution in [1.82, 2.24) is 5.32 Å². The van der Waals surface area contributed by atoms with Crippen LogP contribution in [0.2, 0.25) is 0 Å². The number of benzene rings is 2. The number of carbonyl (C=O) groups excluding carboxylic acids is 1. The second-order valence-electron chi connectivity index (χ2n) is 6.00. The molecular formula is C20H20N2O3. The highest BCUT2D eigenvalue weighted by atomic mass is 16.5. The zero-order valence-electron chi connectivity index (χ0n) is 13.8. The number of aliphatic hydroxyl groups excluding tert-OH is 1. The molecule has 0 heterocycles. The fraction of sp³-hybridized carbons (Fsp3) is 0.250. The number of aliphatic hydroxyl groups is 1. The van der Waals surface area contributed by atoms with Crippen LogP contribution in [0.15, 0.2) is 48.5 Å². The Bertz CT molecular complexity index is 813. The molecule has 0 spiro atoms. The predicted molar refractivity (Wildman–Crippen MR) is 96.5 cm³/mol. The first-order valence-corrected chi connectivity index (χ1v) is 8.11. The number of nitrogens with one attached hydrogen (secondary N) is 2. The Morgan fingerprint density at radius 1 is 1.28 bits per heavy atom. The van der Waals surface area contributed by atoms with Gasteiger partial charge in [0, 0.05) is 11.8 Å². The summed E-state index contributed by atoms with van der Waals surface area (Å²) in [5, 5.41) is 15.7. The molecule has 0 saturated carbocycles. The van der Waals surface area contributed by atoms with Crippen LogP contribution in [0, 0.1) is 12.3 Å². The van der Waals surface area contributed by atoms with E-state index in [-0.39, 0.29) is 19.2 Å². The van der Waals surface area contributed by atoms with E-state index in [0.29, 0.717) is 17.9 Å². The third kappa shape index (κ3) is 3.59.